The van der Waals surface area contributed by atoms with Crippen molar-refractivity contribution in [3.8, 4) is 0 Å². The van der Waals surface area contributed by atoms with E-state index in [1.54, 1.807) is 0 Å². The molecule has 25 heteroatoms. The highest BCUT2D eigenvalue weighted by molar-refractivity contribution is 8.00. The van der Waals surface area contributed by atoms with E-state index in [1.807, 2.05) is 42.1 Å². The third-order valence-electron chi connectivity index (χ3n) is 7.62. The van der Waals surface area contributed by atoms with Crippen molar-refractivity contribution in [1.29, 1.82) is 0 Å². The van der Waals surface area contributed by atoms with Crippen molar-refractivity contribution >= 4 is 71.9 Å². The maximum atomic E-state index is 11.1. The molecule has 1 aromatic carbocycles. The topological polar surface area (TPSA) is 266 Å². The summed E-state index contributed by atoms with van der Waals surface area (Å²) in [6.45, 7) is -0.487. The van der Waals surface area contributed by atoms with Gasteiger partial charge in [0.05, 0.1) is 44.4 Å². The molecule has 4 aliphatic heterocycles. The maximum Gasteiger partial charge on any atom is 0.400 e. The first kappa shape index (κ1) is 44.9. The molecule has 4 aliphatic rings. The van der Waals surface area contributed by atoms with E-state index in [2.05, 4.69) is 36.8 Å². The van der Waals surface area contributed by atoms with Gasteiger partial charge in [0, 0.05) is 50.6 Å². The quantitative estimate of drug-likeness (QED) is 0.0654. The fourth-order valence-electron chi connectivity index (χ4n) is 5.09. The molecule has 0 aliphatic carbocycles. The maximum absolute atomic E-state index is 11.1. The molecule has 0 bridgehead atoms. The first-order valence-corrected chi connectivity index (χ1v) is 21.5. The predicted octanol–water partition coefficient (Wildman–Crippen LogP) is -2.08. The summed E-state index contributed by atoms with van der Waals surface area (Å²) in [5.41, 5.74) is 0.879. The Hall–Kier alpha value is 0.550. The normalized spacial score (nSPS) is 34.7. The highest BCUT2D eigenvalue weighted by Crippen LogP contribution is 2.34. The van der Waals surface area contributed by atoms with Crippen LogP contribution in [0.4, 0.5) is 0 Å². The van der Waals surface area contributed by atoms with Crippen molar-refractivity contribution in [3.63, 3.8) is 0 Å². The van der Waals surface area contributed by atoms with Gasteiger partial charge in [0.1, 0.15) is 54.2 Å². The van der Waals surface area contributed by atoms with Gasteiger partial charge >= 0.3 is 10.4 Å². The molecule has 0 amide bonds. The molecule has 0 saturated carbocycles. The molecule has 50 heavy (non-hydrogen) atoms. The monoisotopic (exact) mass is 852 g/mol. The number of fused-ring (bicyclic) bond motifs is 1. The number of hydrogen-bond donors (Lipinski definition) is 5. The SMILES string of the molecule is O=S(=O)([O-])OC(CO)C(O)C[S+]1CC(O)C(O)C1CO.O=S1(=O)OCC2O[C@@H](c3ccccc3)OC[C@@H]2O1.POCC1SCC(OP)C1OP. The van der Waals surface area contributed by atoms with E-state index in [4.69, 9.17) is 37.4 Å². The van der Waals surface area contributed by atoms with Crippen LogP contribution in [0.25, 0.3) is 0 Å². The second kappa shape index (κ2) is 21.6. The van der Waals surface area contributed by atoms with Crippen molar-refractivity contribution in [1.82, 2.24) is 0 Å². The van der Waals surface area contributed by atoms with Crippen LogP contribution in [0.5, 0.6) is 0 Å². The molecule has 290 valence electrons. The zero-order chi connectivity index (χ0) is 37.1. The summed E-state index contributed by atoms with van der Waals surface area (Å²) in [7, 11) is -2.94. The molecule has 4 fully saturated rings. The molecule has 15 atom stereocenters. The lowest BCUT2D eigenvalue weighted by molar-refractivity contribution is -0.264. The van der Waals surface area contributed by atoms with Crippen LogP contribution in [0, 0.1) is 0 Å². The van der Waals surface area contributed by atoms with Gasteiger partial charge in [-0.3, -0.25) is 4.18 Å². The van der Waals surface area contributed by atoms with Crippen LogP contribution in [0.15, 0.2) is 30.3 Å². The molecule has 0 aromatic heterocycles. The number of thioether (sulfide) groups is 1. The van der Waals surface area contributed by atoms with E-state index in [1.165, 1.54) is 0 Å². The van der Waals surface area contributed by atoms with Gasteiger partial charge in [0.25, 0.3) is 0 Å². The van der Waals surface area contributed by atoms with Gasteiger partial charge in [0.2, 0.25) is 10.4 Å². The zero-order valence-electron chi connectivity index (χ0n) is 26.3. The molecule has 4 saturated heterocycles. The lowest BCUT2D eigenvalue weighted by atomic mass is 10.1. The zero-order valence-corrected chi connectivity index (χ0v) is 33.0. The van der Waals surface area contributed by atoms with Gasteiger partial charge in [-0.1, -0.05) is 30.3 Å². The molecule has 5 N–H and O–H groups in total. The summed E-state index contributed by atoms with van der Waals surface area (Å²) >= 11 is 1.82. The van der Waals surface area contributed by atoms with Gasteiger partial charge < -0.3 is 53.1 Å². The fraction of sp³-hybridized carbons (Fsp3) is 0.760. The van der Waals surface area contributed by atoms with Crippen molar-refractivity contribution in [3.05, 3.63) is 35.9 Å². The molecular formula is C25H43O18P3S4. The Morgan fingerprint density at radius 1 is 1.08 bits per heavy atom. The van der Waals surface area contributed by atoms with E-state index < -0.39 is 93.1 Å². The molecule has 13 unspecified atom stereocenters. The van der Waals surface area contributed by atoms with E-state index >= 15 is 0 Å². The van der Waals surface area contributed by atoms with Gasteiger partial charge in [-0.25, -0.2) is 16.8 Å². The summed E-state index contributed by atoms with van der Waals surface area (Å²) in [6.07, 6.45) is -6.58. The Balaban J connectivity index is 0.000000209. The standard InChI is InChI=1S/C11H12O6S.C9H18O9S2.C5H13O3P3S/c12-18(13)15-7-9-10(17-18)6-14-11(16-9)8-4-2-1-3-5-8;10-1-7(18-20(15,16)17)5(12)3-19-4-6(13)9(14)8(19)2-11;9-6-1-4-5(8-11)3(7-10)2-12-4/h1-5,9-11H,6-7H2;5-14H,1-4H2;3-5H,1-2,9-11H2/t9?,10-,11-;;/m0../s1. The summed E-state index contributed by atoms with van der Waals surface area (Å²) in [5, 5.41) is 46.7. The lowest BCUT2D eigenvalue weighted by Crippen LogP contribution is -2.49. The largest absolute Gasteiger partial charge is 0.726 e. The highest BCUT2D eigenvalue weighted by Gasteiger charge is 2.50. The Bertz CT molecular complexity index is 1350. The Morgan fingerprint density at radius 2 is 1.78 bits per heavy atom. The van der Waals surface area contributed by atoms with E-state index in [-0.39, 0.29) is 36.9 Å². The third-order valence-corrected chi connectivity index (χ3v) is 14.0. The molecule has 5 rings (SSSR count). The predicted molar refractivity (Wildman–Crippen MR) is 188 cm³/mol. The smallest absolute Gasteiger partial charge is 0.400 e. The highest BCUT2D eigenvalue weighted by atomic mass is 32.3. The number of hydrogen-bond acceptors (Lipinski definition) is 19. The fourth-order valence-corrected chi connectivity index (χ4v) is 11.7. The first-order chi connectivity index (χ1) is 23.7. The molecule has 4 heterocycles. The summed E-state index contributed by atoms with van der Waals surface area (Å²) in [6, 6.07) is 9.42. The average Bonchev–Trinajstić information content (AvgIpc) is 3.61. The van der Waals surface area contributed by atoms with Crippen LogP contribution >= 0.6 is 40.2 Å². The summed E-state index contributed by atoms with van der Waals surface area (Å²) in [5.74, 6) is 0.979. The molecule has 18 nitrogen and oxygen atoms in total. The lowest BCUT2D eigenvalue weighted by Gasteiger charge is -2.37. The first-order valence-electron chi connectivity index (χ1n) is 14.8. The number of benzene rings is 1. The van der Waals surface area contributed by atoms with Gasteiger partial charge in [-0.15, -0.1) is 0 Å². The Morgan fingerprint density at radius 3 is 2.36 bits per heavy atom. The number of ether oxygens (including phenoxy) is 2. The van der Waals surface area contributed by atoms with E-state index in [9.17, 15) is 36.7 Å². The van der Waals surface area contributed by atoms with Crippen LogP contribution in [-0.2, 0) is 67.3 Å². The Labute approximate surface area is 305 Å². The van der Waals surface area contributed by atoms with Crippen molar-refractivity contribution in [2.45, 2.75) is 65.6 Å². The molecular weight excluding hydrogens is 809 g/mol. The van der Waals surface area contributed by atoms with Gasteiger partial charge in [-0.2, -0.15) is 20.2 Å². The second-order valence-corrected chi connectivity index (χ2v) is 17.8. The van der Waals surface area contributed by atoms with E-state index in [0.29, 0.717) is 11.9 Å². The number of aliphatic hydroxyl groups excluding tert-OH is 5. The van der Waals surface area contributed by atoms with Crippen LogP contribution < -0.4 is 0 Å². The number of aliphatic hydroxyl groups is 5. The van der Waals surface area contributed by atoms with Crippen LogP contribution in [-0.4, -0.2) is 157 Å². The summed E-state index contributed by atoms with van der Waals surface area (Å²) < 4.78 is 93.4. The van der Waals surface area contributed by atoms with Crippen LogP contribution in [0.2, 0.25) is 0 Å². The molecule has 1 aromatic rings. The molecule has 0 radical (unpaired) electrons. The number of rotatable bonds is 12. The average molecular weight is 853 g/mol. The van der Waals surface area contributed by atoms with Gasteiger partial charge in [-0.05, 0) is 0 Å². The minimum Gasteiger partial charge on any atom is -0.726 e. The minimum absolute atomic E-state index is 0.0420. The van der Waals surface area contributed by atoms with Crippen LogP contribution in [0.3, 0.4) is 0 Å². The van der Waals surface area contributed by atoms with E-state index in [0.717, 1.165) is 11.3 Å². The van der Waals surface area contributed by atoms with Gasteiger partial charge in [0.15, 0.2) is 11.5 Å². The molecule has 0 spiro atoms. The van der Waals surface area contributed by atoms with Crippen molar-refractivity contribution in [2.24, 2.45) is 0 Å². The van der Waals surface area contributed by atoms with Crippen LogP contribution in [0.1, 0.15) is 11.9 Å². The minimum atomic E-state index is -5.07. The summed E-state index contributed by atoms with van der Waals surface area (Å²) in [4.78, 5) is 0. The second-order valence-electron chi connectivity index (χ2n) is 11.0. The third kappa shape index (κ3) is 13.7. The Kier molecular flexibility index (Phi) is 19.4. The van der Waals surface area contributed by atoms with Crippen molar-refractivity contribution < 1.29 is 82.5 Å². The van der Waals surface area contributed by atoms with Crippen molar-refractivity contribution in [2.75, 3.05) is 50.3 Å².